The molecule has 2 aliphatic rings. The van der Waals surface area contributed by atoms with Crippen molar-refractivity contribution in [3.63, 3.8) is 0 Å². The average Bonchev–Trinajstić information content (AvgIpc) is 2.86. The van der Waals surface area contributed by atoms with Gasteiger partial charge in [0.2, 0.25) is 21.8 Å². The Hall–Kier alpha value is -1.93. The molecule has 0 aromatic heterocycles. The average molecular weight is 408 g/mol. The van der Waals surface area contributed by atoms with E-state index in [1.165, 1.54) is 6.07 Å². The minimum Gasteiger partial charge on any atom is -0.341 e. The van der Waals surface area contributed by atoms with Crippen LogP contribution in [0.4, 0.5) is 5.69 Å². The summed E-state index contributed by atoms with van der Waals surface area (Å²) in [6.45, 7) is 5.06. The van der Waals surface area contributed by atoms with Gasteiger partial charge in [-0.05, 0) is 61.8 Å². The second-order valence-corrected chi connectivity index (χ2v) is 9.66. The van der Waals surface area contributed by atoms with Gasteiger partial charge in [-0.15, -0.1) is 0 Å². The number of likely N-dealkylation sites (tertiary alicyclic amines) is 1. The van der Waals surface area contributed by atoms with E-state index in [1.807, 2.05) is 13.8 Å². The highest BCUT2D eigenvalue weighted by molar-refractivity contribution is 7.89. The minimum atomic E-state index is -3.86. The number of piperidine rings is 1. The van der Waals surface area contributed by atoms with Gasteiger partial charge in [-0.1, -0.05) is 13.8 Å². The van der Waals surface area contributed by atoms with Crippen LogP contribution in [0, 0.1) is 5.92 Å². The summed E-state index contributed by atoms with van der Waals surface area (Å²) in [5, 5.41) is 2.81. The number of benzene rings is 1. The number of carbonyl (C=O) groups excluding carboxylic acids is 2. The number of rotatable bonds is 5. The van der Waals surface area contributed by atoms with Gasteiger partial charge >= 0.3 is 0 Å². The fraction of sp³-hybridized carbons (Fsp3) is 0.600. The van der Waals surface area contributed by atoms with Crippen LogP contribution >= 0.6 is 0 Å². The van der Waals surface area contributed by atoms with Crippen molar-refractivity contribution in [2.75, 3.05) is 18.4 Å². The summed E-state index contributed by atoms with van der Waals surface area (Å²) in [6.07, 6.45) is 4.76. The molecule has 0 radical (unpaired) electrons. The maximum atomic E-state index is 13.0. The molecular formula is C20H29N3O4S. The first kappa shape index (κ1) is 20.8. The van der Waals surface area contributed by atoms with Crippen molar-refractivity contribution >= 4 is 27.5 Å². The van der Waals surface area contributed by atoms with Gasteiger partial charge in [0, 0.05) is 25.2 Å². The molecule has 0 bridgehead atoms. The summed E-state index contributed by atoms with van der Waals surface area (Å²) < 4.78 is 28.6. The predicted molar refractivity (Wildman–Crippen MR) is 107 cm³/mol. The summed E-state index contributed by atoms with van der Waals surface area (Å²) in [6, 6.07) is 3.92. The highest BCUT2D eigenvalue weighted by Gasteiger charge is 2.32. The third-order valence-electron chi connectivity index (χ3n) is 5.39. The molecular weight excluding hydrogens is 378 g/mol. The van der Waals surface area contributed by atoms with Crippen LogP contribution in [-0.4, -0.2) is 44.3 Å². The molecule has 3 rings (SSSR count). The number of nitrogens with zero attached hydrogens (tertiary/aromatic N) is 1. The Morgan fingerprint density at radius 2 is 1.82 bits per heavy atom. The van der Waals surface area contributed by atoms with E-state index in [0.717, 1.165) is 24.8 Å². The minimum absolute atomic E-state index is 0.0560. The Morgan fingerprint density at radius 3 is 2.50 bits per heavy atom. The van der Waals surface area contributed by atoms with Crippen LogP contribution in [0.2, 0.25) is 0 Å². The molecule has 1 atom stereocenters. The quantitative estimate of drug-likeness (QED) is 0.783. The van der Waals surface area contributed by atoms with Crippen LogP contribution in [0.3, 0.4) is 0 Å². The molecule has 2 heterocycles. The summed E-state index contributed by atoms with van der Waals surface area (Å²) in [4.78, 5) is 26.5. The third kappa shape index (κ3) is 4.72. The second-order valence-electron chi connectivity index (χ2n) is 7.95. The Labute approximate surface area is 166 Å². The van der Waals surface area contributed by atoms with Crippen LogP contribution in [0.1, 0.15) is 51.5 Å². The molecule has 1 saturated heterocycles. The van der Waals surface area contributed by atoms with Crippen LogP contribution < -0.4 is 10.0 Å². The standard InChI is InChI=1S/C20H29N3O4S/c1-14(2)19(20(25)23-11-4-3-5-12-23)22-28(26,27)16-9-10-17-15(13-16)7-6-8-18(24)21-17/h9-10,13-14,19,22H,3-8,11-12H2,1-2H3,(H,21,24). The lowest BCUT2D eigenvalue weighted by atomic mass is 10.0. The Kier molecular flexibility index (Phi) is 6.40. The van der Waals surface area contributed by atoms with Gasteiger partial charge < -0.3 is 10.2 Å². The maximum Gasteiger partial charge on any atom is 0.241 e. The van der Waals surface area contributed by atoms with E-state index in [9.17, 15) is 18.0 Å². The Balaban J connectivity index is 1.82. The van der Waals surface area contributed by atoms with E-state index in [4.69, 9.17) is 0 Å². The van der Waals surface area contributed by atoms with Gasteiger partial charge in [0.1, 0.15) is 6.04 Å². The van der Waals surface area contributed by atoms with Gasteiger partial charge in [0.05, 0.1) is 4.90 Å². The summed E-state index contributed by atoms with van der Waals surface area (Å²) in [7, 11) is -3.86. The van der Waals surface area contributed by atoms with E-state index >= 15 is 0 Å². The summed E-state index contributed by atoms with van der Waals surface area (Å²) >= 11 is 0. The largest absolute Gasteiger partial charge is 0.341 e. The van der Waals surface area contributed by atoms with Gasteiger partial charge in [-0.3, -0.25) is 9.59 Å². The Bertz CT molecular complexity index is 845. The zero-order valence-corrected chi connectivity index (χ0v) is 17.3. The fourth-order valence-corrected chi connectivity index (χ4v) is 5.12. The molecule has 1 aromatic rings. The van der Waals surface area contributed by atoms with E-state index in [0.29, 0.717) is 38.0 Å². The monoisotopic (exact) mass is 407 g/mol. The number of hydrogen-bond acceptors (Lipinski definition) is 4. The number of amides is 2. The van der Waals surface area contributed by atoms with Crippen molar-refractivity contribution in [2.24, 2.45) is 5.92 Å². The highest BCUT2D eigenvalue weighted by Crippen LogP contribution is 2.25. The van der Waals surface area contributed by atoms with Crippen LogP contribution in [0.15, 0.2) is 23.1 Å². The fourth-order valence-electron chi connectivity index (χ4n) is 3.74. The molecule has 1 aromatic carbocycles. The van der Waals surface area contributed by atoms with Crippen molar-refractivity contribution in [2.45, 2.75) is 63.3 Å². The van der Waals surface area contributed by atoms with Crippen LogP contribution in [0.25, 0.3) is 0 Å². The molecule has 0 saturated carbocycles. The van der Waals surface area contributed by atoms with Crippen molar-refractivity contribution in [1.82, 2.24) is 9.62 Å². The second kappa shape index (κ2) is 8.61. The number of carbonyl (C=O) groups is 2. The molecule has 154 valence electrons. The van der Waals surface area contributed by atoms with Crippen molar-refractivity contribution in [3.8, 4) is 0 Å². The van der Waals surface area contributed by atoms with E-state index < -0.39 is 16.1 Å². The van der Waals surface area contributed by atoms with Crippen molar-refractivity contribution in [3.05, 3.63) is 23.8 Å². The molecule has 2 aliphatic heterocycles. The van der Waals surface area contributed by atoms with Gasteiger partial charge in [-0.25, -0.2) is 8.42 Å². The first-order valence-electron chi connectivity index (χ1n) is 10.0. The van der Waals surface area contributed by atoms with Gasteiger partial charge in [0.25, 0.3) is 0 Å². The number of fused-ring (bicyclic) bond motifs is 1. The molecule has 2 amide bonds. The molecule has 2 N–H and O–H groups in total. The number of aryl methyl sites for hydroxylation is 1. The third-order valence-corrected chi connectivity index (χ3v) is 6.83. The van der Waals surface area contributed by atoms with E-state index in [-0.39, 0.29) is 22.6 Å². The highest BCUT2D eigenvalue weighted by atomic mass is 32.2. The summed E-state index contributed by atoms with van der Waals surface area (Å²) in [5.74, 6) is -0.371. The van der Waals surface area contributed by atoms with Crippen molar-refractivity contribution in [1.29, 1.82) is 0 Å². The van der Waals surface area contributed by atoms with Gasteiger partial charge in [0.15, 0.2) is 0 Å². The SMILES string of the molecule is CC(C)C(NS(=O)(=O)c1ccc2c(c1)CCCC(=O)N2)C(=O)N1CCCCC1. The molecule has 1 unspecified atom stereocenters. The lowest BCUT2D eigenvalue weighted by Crippen LogP contribution is -2.52. The maximum absolute atomic E-state index is 13.0. The first-order valence-corrected chi connectivity index (χ1v) is 11.5. The van der Waals surface area contributed by atoms with E-state index in [2.05, 4.69) is 10.0 Å². The predicted octanol–water partition coefficient (Wildman–Crippen LogP) is 2.28. The lowest BCUT2D eigenvalue weighted by Gasteiger charge is -2.32. The smallest absolute Gasteiger partial charge is 0.241 e. The topological polar surface area (TPSA) is 95.6 Å². The lowest BCUT2D eigenvalue weighted by molar-refractivity contribution is -0.134. The molecule has 1 fully saturated rings. The Morgan fingerprint density at radius 1 is 1.11 bits per heavy atom. The molecule has 7 nitrogen and oxygen atoms in total. The van der Waals surface area contributed by atoms with Crippen LogP contribution in [0.5, 0.6) is 0 Å². The number of anilines is 1. The van der Waals surface area contributed by atoms with Crippen molar-refractivity contribution < 1.29 is 18.0 Å². The number of nitrogens with one attached hydrogen (secondary N) is 2. The first-order chi connectivity index (χ1) is 13.3. The van der Waals surface area contributed by atoms with E-state index in [1.54, 1.807) is 17.0 Å². The van der Waals surface area contributed by atoms with Gasteiger partial charge in [-0.2, -0.15) is 4.72 Å². The van der Waals surface area contributed by atoms with Crippen LogP contribution in [-0.2, 0) is 26.0 Å². The molecule has 0 aliphatic carbocycles. The number of hydrogen-bond donors (Lipinski definition) is 2. The molecule has 8 heteroatoms. The molecule has 28 heavy (non-hydrogen) atoms. The summed E-state index contributed by atoms with van der Waals surface area (Å²) in [5.41, 5.74) is 1.46. The number of sulfonamides is 1. The normalized spacial score (nSPS) is 19.0. The zero-order valence-electron chi connectivity index (χ0n) is 16.5. The molecule has 0 spiro atoms. The zero-order chi connectivity index (χ0) is 20.3.